The Bertz CT molecular complexity index is 740. The zero-order chi connectivity index (χ0) is 16.8. The molecule has 1 rings (SSSR count). The van der Waals surface area contributed by atoms with Gasteiger partial charge in [0.2, 0.25) is 5.96 Å². The highest BCUT2D eigenvalue weighted by Crippen LogP contribution is 2.17. The number of hydrogen-bond acceptors (Lipinski definition) is 3. The molecule has 0 aliphatic rings. The fourth-order valence-corrected chi connectivity index (χ4v) is 2.29. The maximum atomic E-state index is 11.4. The SMILES string of the molecule is C\N=C(N)/N=C(C)/C=C\C=C(/C)c1ccc(S(C)(=O)=O)cc1. The number of aliphatic imine (C=N–C) groups is 2. The molecule has 0 unspecified atom stereocenters. The lowest BCUT2D eigenvalue weighted by molar-refractivity contribution is 0.602. The van der Waals surface area contributed by atoms with Crippen molar-refractivity contribution < 1.29 is 8.42 Å². The largest absolute Gasteiger partial charge is 0.368 e. The molecule has 0 radical (unpaired) electrons. The van der Waals surface area contributed by atoms with Crippen molar-refractivity contribution in [3.8, 4) is 0 Å². The second kappa shape index (κ2) is 7.70. The van der Waals surface area contributed by atoms with Crippen molar-refractivity contribution in [3.63, 3.8) is 0 Å². The molecule has 0 spiro atoms. The minimum Gasteiger partial charge on any atom is -0.368 e. The van der Waals surface area contributed by atoms with E-state index < -0.39 is 9.84 Å². The maximum Gasteiger partial charge on any atom is 0.215 e. The lowest BCUT2D eigenvalue weighted by Crippen LogP contribution is -2.09. The van der Waals surface area contributed by atoms with E-state index in [1.165, 1.54) is 6.26 Å². The molecule has 118 valence electrons. The van der Waals surface area contributed by atoms with Crippen LogP contribution < -0.4 is 5.73 Å². The van der Waals surface area contributed by atoms with E-state index in [1.54, 1.807) is 31.3 Å². The second-order valence-electron chi connectivity index (χ2n) is 4.84. The summed E-state index contributed by atoms with van der Waals surface area (Å²) in [7, 11) is -1.58. The van der Waals surface area contributed by atoms with Gasteiger partial charge in [-0.15, -0.1) is 0 Å². The summed E-state index contributed by atoms with van der Waals surface area (Å²) in [6, 6.07) is 6.80. The lowest BCUT2D eigenvalue weighted by Gasteiger charge is -2.02. The van der Waals surface area contributed by atoms with Crippen LogP contribution >= 0.6 is 0 Å². The molecule has 5 nitrogen and oxygen atoms in total. The van der Waals surface area contributed by atoms with Crippen molar-refractivity contribution >= 4 is 27.1 Å². The number of sulfone groups is 1. The number of guanidine groups is 1. The van der Waals surface area contributed by atoms with Crippen LogP contribution in [0.4, 0.5) is 0 Å². The van der Waals surface area contributed by atoms with Gasteiger partial charge in [-0.25, -0.2) is 13.4 Å². The Hall–Kier alpha value is -2.21. The van der Waals surface area contributed by atoms with Crippen molar-refractivity contribution in [2.75, 3.05) is 13.3 Å². The summed E-state index contributed by atoms with van der Waals surface area (Å²) in [5.41, 5.74) is 8.23. The summed E-state index contributed by atoms with van der Waals surface area (Å²) in [5, 5.41) is 0. The van der Waals surface area contributed by atoms with E-state index in [0.29, 0.717) is 4.90 Å². The standard InChI is InChI=1S/C16H21N3O2S/c1-12(6-5-7-13(2)19-16(17)18-3)14-8-10-15(11-9-14)22(4,20)21/h5-11H,1-4H3,(H2,17,18)/b7-5-,12-6+,19-13+. The van der Waals surface area contributed by atoms with Gasteiger partial charge in [-0.1, -0.05) is 24.3 Å². The molecular weight excluding hydrogens is 298 g/mol. The molecule has 0 saturated heterocycles. The predicted molar refractivity (Wildman–Crippen MR) is 93.0 cm³/mol. The van der Waals surface area contributed by atoms with E-state index in [9.17, 15) is 8.42 Å². The first-order chi connectivity index (χ1) is 10.2. The van der Waals surface area contributed by atoms with Gasteiger partial charge in [0.05, 0.1) is 4.90 Å². The number of allylic oxidation sites excluding steroid dienone is 4. The molecule has 0 heterocycles. The van der Waals surface area contributed by atoms with Crippen LogP contribution in [-0.2, 0) is 9.84 Å². The summed E-state index contributed by atoms with van der Waals surface area (Å²) >= 11 is 0. The van der Waals surface area contributed by atoms with Crippen LogP contribution in [0.1, 0.15) is 19.4 Å². The fourth-order valence-electron chi connectivity index (χ4n) is 1.66. The van der Waals surface area contributed by atoms with E-state index in [1.807, 2.05) is 32.1 Å². The first kappa shape index (κ1) is 17.8. The molecule has 1 aromatic rings. The van der Waals surface area contributed by atoms with Crippen LogP contribution in [0.3, 0.4) is 0 Å². The van der Waals surface area contributed by atoms with Crippen LogP contribution in [0.15, 0.2) is 57.4 Å². The van der Waals surface area contributed by atoms with Crippen LogP contribution in [0.5, 0.6) is 0 Å². The normalized spacial score (nSPS) is 14.6. The van der Waals surface area contributed by atoms with Crippen LogP contribution in [0.2, 0.25) is 0 Å². The average molecular weight is 319 g/mol. The quantitative estimate of drug-likeness (QED) is 0.525. The number of benzene rings is 1. The van der Waals surface area contributed by atoms with Crippen LogP contribution in [-0.4, -0.2) is 33.4 Å². The van der Waals surface area contributed by atoms with Gasteiger partial charge in [-0.3, -0.25) is 4.99 Å². The molecular formula is C16H21N3O2S. The molecule has 2 N–H and O–H groups in total. The third kappa shape index (κ3) is 5.65. The molecule has 0 aliphatic heterocycles. The van der Waals surface area contributed by atoms with Crippen molar-refractivity contribution in [2.45, 2.75) is 18.7 Å². The second-order valence-corrected chi connectivity index (χ2v) is 6.86. The lowest BCUT2D eigenvalue weighted by atomic mass is 10.1. The maximum absolute atomic E-state index is 11.4. The molecule has 0 amide bonds. The molecule has 0 atom stereocenters. The summed E-state index contributed by atoms with van der Waals surface area (Å²) in [6.07, 6.45) is 6.81. The minimum atomic E-state index is -3.16. The molecule has 0 aliphatic carbocycles. The van der Waals surface area contributed by atoms with Gasteiger partial charge < -0.3 is 5.73 Å². The van der Waals surface area contributed by atoms with Gasteiger partial charge >= 0.3 is 0 Å². The summed E-state index contributed by atoms with van der Waals surface area (Å²) in [5.74, 6) is 0.235. The van der Waals surface area contributed by atoms with E-state index in [4.69, 9.17) is 5.73 Å². The topological polar surface area (TPSA) is 84.9 Å². The zero-order valence-electron chi connectivity index (χ0n) is 13.2. The van der Waals surface area contributed by atoms with Crippen LogP contribution in [0, 0.1) is 0 Å². The summed E-state index contributed by atoms with van der Waals surface area (Å²) in [6.45, 7) is 3.78. The van der Waals surface area contributed by atoms with Gasteiger partial charge in [0.25, 0.3) is 0 Å². The van der Waals surface area contributed by atoms with Crippen molar-refractivity contribution in [3.05, 3.63) is 48.1 Å². The average Bonchev–Trinajstić information content (AvgIpc) is 2.46. The molecule has 0 aromatic heterocycles. The Balaban J connectivity index is 2.88. The van der Waals surface area contributed by atoms with Gasteiger partial charge in [0, 0.05) is 19.0 Å². The molecule has 6 heteroatoms. The van der Waals surface area contributed by atoms with Crippen LogP contribution in [0.25, 0.3) is 5.57 Å². The Kier molecular flexibility index (Phi) is 6.24. The monoisotopic (exact) mass is 319 g/mol. The summed E-state index contributed by atoms with van der Waals surface area (Å²) < 4.78 is 22.8. The fraction of sp³-hybridized carbons (Fsp3) is 0.250. The highest BCUT2D eigenvalue weighted by atomic mass is 32.2. The number of hydrogen-bond donors (Lipinski definition) is 1. The Morgan fingerprint density at radius 2 is 1.77 bits per heavy atom. The van der Waals surface area contributed by atoms with Gasteiger partial charge in [0.1, 0.15) is 0 Å². The number of nitrogens with zero attached hydrogens (tertiary/aromatic N) is 2. The first-order valence-corrected chi connectivity index (χ1v) is 8.56. The predicted octanol–water partition coefficient (Wildman–Crippen LogP) is 2.46. The van der Waals surface area contributed by atoms with Crippen molar-refractivity contribution in [1.82, 2.24) is 0 Å². The van der Waals surface area contributed by atoms with E-state index >= 15 is 0 Å². The Morgan fingerprint density at radius 1 is 1.18 bits per heavy atom. The highest BCUT2D eigenvalue weighted by molar-refractivity contribution is 7.90. The molecule has 22 heavy (non-hydrogen) atoms. The van der Waals surface area contributed by atoms with E-state index in [-0.39, 0.29) is 5.96 Å². The first-order valence-electron chi connectivity index (χ1n) is 6.67. The smallest absolute Gasteiger partial charge is 0.215 e. The molecule has 0 saturated carbocycles. The van der Waals surface area contributed by atoms with Gasteiger partial charge in [-0.2, -0.15) is 0 Å². The minimum absolute atomic E-state index is 0.235. The van der Waals surface area contributed by atoms with E-state index in [0.717, 1.165) is 16.8 Å². The molecule has 0 bridgehead atoms. The summed E-state index contributed by atoms with van der Waals surface area (Å²) in [4.78, 5) is 8.14. The Labute approximate surface area is 131 Å². The highest BCUT2D eigenvalue weighted by Gasteiger charge is 2.06. The van der Waals surface area contributed by atoms with Gasteiger partial charge in [0.15, 0.2) is 9.84 Å². The van der Waals surface area contributed by atoms with Crippen molar-refractivity contribution in [1.29, 1.82) is 0 Å². The molecule has 0 fully saturated rings. The number of rotatable bonds is 4. The molecule has 1 aromatic carbocycles. The number of nitrogens with two attached hydrogens (primary N) is 1. The van der Waals surface area contributed by atoms with Crippen molar-refractivity contribution in [2.24, 2.45) is 15.7 Å². The van der Waals surface area contributed by atoms with E-state index in [2.05, 4.69) is 9.98 Å². The zero-order valence-corrected chi connectivity index (χ0v) is 14.1. The van der Waals surface area contributed by atoms with Gasteiger partial charge in [-0.05, 0) is 43.2 Å². The third-order valence-corrected chi connectivity index (χ3v) is 4.07. The Morgan fingerprint density at radius 3 is 2.27 bits per heavy atom. The third-order valence-electron chi connectivity index (χ3n) is 2.94.